The van der Waals surface area contributed by atoms with Gasteiger partial charge in [-0.3, -0.25) is 0 Å². The lowest BCUT2D eigenvalue weighted by Gasteiger charge is -2.53. The lowest BCUT2D eigenvalue weighted by molar-refractivity contribution is 0.129. The normalized spacial score (nSPS) is 33.2. The third kappa shape index (κ3) is 1.54. The number of nitriles is 4. The summed E-state index contributed by atoms with van der Waals surface area (Å²) in [6.45, 7) is 3.90. The molecule has 3 rings (SSSR count). The average molecular weight is 278 g/mol. The first kappa shape index (κ1) is 14.4. The second kappa shape index (κ2) is 4.86. The van der Waals surface area contributed by atoms with Gasteiger partial charge in [-0.15, -0.1) is 0 Å². The van der Waals surface area contributed by atoms with Crippen LogP contribution in [0.3, 0.4) is 0 Å². The van der Waals surface area contributed by atoms with Crippen LogP contribution in [0, 0.1) is 62.6 Å². The Morgan fingerprint density at radius 3 is 2.33 bits per heavy atom. The molecule has 21 heavy (non-hydrogen) atoms. The van der Waals surface area contributed by atoms with Crippen molar-refractivity contribution < 1.29 is 0 Å². The Kier molecular flexibility index (Phi) is 3.34. The number of allylic oxidation sites excluding steroid dienone is 1. The number of nitrogens with zero attached hydrogens (tertiary/aromatic N) is 4. The Morgan fingerprint density at radius 2 is 1.90 bits per heavy atom. The quantitative estimate of drug-likeness (QED) is 0.692. The molecular formula is C15H14N6. The topological polar surface area (TPSA) is 133 Å². The summed E-state index contributed by atoms with van der Waals surface area (Å²) in [6, 6.07) is 7.55. The minimum Gasteiger partial charge on any atom is -0.400 e. The van der Waals surface area contributed by atoms with Gasteiger partial charge in [0.25, 0.3) is 0 Å². The summed E-state index contributed by atoms with van der Waals surface area (Å²) >= 11 is 0. The molecule has 104 valence electrons. The maximum atomic E-state index is 9.81. The number of hydrogen-bond acceptors (Lipinski definition) is 6. The van der Waals surface area contributed by atoms with E-state index >= 15 is 0 Å². The lowest BCUT2D eigenvalue weighted by Crippen LogP contribution is -2.61. The van der Waals surface area contributed by atoms with Crippen molar-refractivity contribution >= 4 is 0 Å². The summed E-state index contributed by atoms with van der Waals surface area (Å²) in [5.41, 5.74) is 5.46. The second-order valence-corrected chi connectivity index (χ2v) is 5.33. The van der Waals surface area contributed by atoms with Crippen LogP contribution in [0.15, 0.2) is 22.5 Å². The fourth-order valence-electron chi connectivity index (χ4n) is 3.68. The first-order chi connectivity index (χ1) is 10.0. The first-order valence-corrected chi connectivity index (χ1v) is 6.66. The molecule has 0 aromatic carbocycles. The summed E-state index contributed by atoms with van der Waals surface area (Å²) in [6.07, 6.45) is 0.667. The predicted octanol–water partition coefficient (Wildman–Crippen LogP) is 1.18. The van der Waals surface area contributed by atoms with Gasteiger partial charge in [0, 0.05) is 0 Å². The smallest absolute Gasteiger partial charge is 0.150 e. The third-order valence-corrected chi connectivity index (χ3v) is 4.65. The molecule has 1 aliphatic carbocycles. The Labute approximate surface area is 123 Å². The highest BCUT2D eigenvalue weighted by atomic mass is 15.0. The van der Waals surface area contributed by atoms with E-state index in [0.717, 1.165) is 0 Å². The van der Waals surface area contributed by atoms with Crippen LogP contribution in [0.4, 0.5) is 0 Å². The zero-order valence-corrected chi connectivity index (χ0v) is 11.8. The van der Waals surface area contributed by atoms with Crippen molar-refractivity contribution in [2.75, 3.05) is 0 Å². The number of nitrogens with two attached hydrogens (primary N) is 1. The van der Waals surface area contributed by atoms with E-state index in [0.29, 0.717) is 12.0 Å². The van der Waals surface area contributed by atoms with Crippen LogP contribution in [-0.2, 0) is 0 Å². The van der Waals surface area contributed by atoms with E-state index in [1.807, 2.05) is 26.0 Å². The molecule has 0 amide bonds. The van der Waals surface area contributed by atoms with Crippen LogP contribution in [-0.4, -0.2) is 6.04 Å². The molecule has 6 nitrogen and oxygen atoms in total. The van der Waals surface area contributed by atoms with Crippen LogP contribution in [0.5, 0.6) is 0 Å². The van der Waals surface area contributed by atoms with Gasteiger partial charge in [-0.25, -0.2) is 0 Å². The Balaban J connectivity index is 2.90. The van der Waals surface area contributed by atoms with Crippen molar-refractivity contribution in [3.63, 3.8) is 0 Å². The van der Waals surface area contributed by atoms with Crippen LogP contribution < -0.4 is 11.1 Å². The monoisotopic (exact) mass is 278 g/mol. The Hall–Kier alpha value is -2.96. The van der Waals surface area contributed by atoms with Crippen LogP contribution in [0.2, 0.25) is 0 Å². The van der Waals surface area contributed by atoms with E-state index in [4.69, 9.17) is 16.3 Å². The Bertz CT molecular complexity index is 701. The lowest BCUT2D eigenvalue weighted by atomic mass is 9.55. The second-order valence-electron chi connectivity index (χ2n) is 5.33. The molecular weight excluding hydrogens is 264 g/mol. The van der Waals surface area contributed by atoms with Crippen molar-refractivity contribution in [1.82, 2.24) is 5.32 Å². The van der Waals surface area contributed by atoms with Gasteiger partial charge in [0.2, 0.25) is 0 Å². The van der Waals surface area contributed by atoms with E-state index in [9.17, 15) is 10.5 Å². The van der Waals surface area contributed by atoms with Gasteiger partial charge in [-0.05, 0) is 11.8 Å². The predicted molar refractivity (Wildman–Crippen MR) is 73.0 cm³/mol. The van der Waals surface area contributed by atoms with Crippen molar-refractivity contribution in [3.05, 3.63) is 22.5 Å². The summed E-state index contributed by atoms with van der Waals surface area (Å²) < 4.78 is 0. The number of rotatable bonds is 1. The molecule has 0 saturated carbocycles. The van der Waals surface area contributed by atoms with Gasteiger partial charge in [-0.1, -0.05) is 20.3 Å². The molecule has 0 spiro atoms. The number of piperidine rings is 1. The van der Waals surface area contributed by atoms with Gasteiger partial charge < -0.3 is 11.1 Å². The van der Waals surface area contributed by atoms with E-state index in [-0.39, 0.29) is 34.8 Å². The van der Waals surface area contributed by atoms with Crippen molar-refractivity contribution in [2.24, 2.45) is 23.0 Å². The molecule has 3 aliphatic rings. The molecule has 0 aromatic rings. The minimum absolute atomic E-state index is 0.0129. The van der Waals surface area contributed by atoms with Gasteiger partial charge in [0.1, 0.15) is 17.6 Å². The summed E-state index contributed by atoms with van der Waals surface area (Å²) in [7, 11) is 0. The maximum absolute atomic E-state index is 9.81. The molecule has 6 heteroatoms. The summed E-state index contributed by atoms with van der Waals surface area (Å²) in [4.78, 5) is 0. The number of fused-ring (bicyclic) bond motifs is 2. The molecule has 2 aliphatic heterocycles. The summed E-state index contributed by atoms with van der Waals surface area (Å²) in [5, 5.41) is 40.5. The SMILES string of the molecule is CCC1C(C)C2NC(=C(C#N)C#N)C1(C#N)C(N)=C2C#N. The molecule has 2 heterocycles. The van der Waals surface area contributed by atoms with E-state index in [1.54, 1.807) is 0 Å². The molecule has 1 saturated heterocycles. The van der Waals surface area contributed by atoms with Gasteiger partial charge in [0.15, 0.2) is 5.57 Å². The molecule has 2 bridgehead atoms. The molecule has 0 radical (unpaired) electrons. The fourth-order valence-corrected chi connectivity index (χ4v) is 3.68. The molecule has 4 atom stereocenters. The Morgan fingerprint density at radius 1 is 1.29 bits per heavy atom. The van der Waals surface area contributed by atoms with E-state index in [1.165, 1.54) is 0 Å². The van der Waals surface area contributed by atoms with Crippen LogP contribution >= 0.6 is 0 Å². The highest BCUT2D eigenvalue weighted by Gasteiger charge is 2.59. The van der Waals surface area contributed by atoms with E-state index < -0.39 is 5.41 Å². The van der Waals surface area contributed by atoms with Crippen molar-refractivity contribution in [3.8, 4) is 24.3 Å². The van der Waals surface area contributed by atoms with Crippen LogP contribution in [0.1, 0.15) is 20.3 Å². The van der Waals surface area contributed by atoms with Crippen molar-refractivity contribution in [2.45, 2.75) is 26.3 Å². The molecule has 3 N–H and O–H groups in total. The highest BCUT2D eigenvalue weighted by Crippen LogP contribution is 2.55. The van der Waals surface area contributed by atoms with Crippen LogP contribution in [0.25, 0.3) is 0 Å². The zero-order valence-electron chi connectivity index (χ0n) is 11.8. The molecule has 0 aromatic heterocycles. The van der Waals surface area contributed by atoms with Crippen molar-refractivity contribution in [1.29, 1.82) is 21.0 Å². The fraction of sp³-hybridized carbons (Fsp3) is 0.467. The van der Waals surface area contributed by atoms with Gasteiger partial charge >= 0.3 is 0 Å². The summed E-state index contributed by atoms with van der Waals surface area (Å²) in [5.74, 6) is -0.128. The highest BCUT2D eigenvalue weighted by molar-refractivity contribution is 5.58. The minimum atomic E-state index is -1.30. The zero-order chi connectivity index (χ0) is 15.8. The van der Waals surface area contributed by atoms with Gasteiger partial charge in [0.05, 0.1) is 35.1 Å². The third-order valence-electron chi connectivity index (χ3n) is 4.65. The standard InChI is InChI=1S/C15H14N6/c1-3-11-8(2)12-10(6-18)13(20)15(11,7-19)14(21-12)9(4-16)5-17/h8,11-12,21H,3,20H2,1-2H3. The first-order valence-electron chi connectivity index (χ1n) is 6.66. The van der Waals surface area contributed by atoms with Gasteiger partial charge in [-0.2, -0.15) is 21.0 Å². The molecule has 4 unspecified atom stereocenters. The van der Waals surface area contributed by atoms with E-state index in [2.05, 4.69) is 17.5 Å². The maximum Gasteiger partial charge on any atom is 0.150 e. The number of nitrogens with one attached hydrogen (secondary N) is 1. The largest absolute Gasteiger partial charge is 0.400 e. The average Bonchev–Trinajstić information content (AvgIpc) is 2.50. The molecule has 1 fully saturated rings. The number of hydrogen-bond donors (Lipinski definition) is 2.